The summed E-state index contributed by atoms with van der Waals surface area (Å²) in [5.41, 5.74) is 1.55. The number of amides is 4. The molecule has 19 heteroatoms. The summed E-state index contributed by atoms with van der Waals surface area (Å²) in [4.78, 5) is 69.8. The van der Waals surface area contributed by atoms with Crippen LogP contribution in [0.5, 0.6) is 0 Å². The number of carbonyl (C=O) groups is 5. The summed E-state index contributed by atoms with van der Waals surface area (Å²) in [6, 6.07) is 1.35. The number of hydrogen-bond acceptors (Lipinski definition) is 14. The van der Waals surface area contributed by atoms with Crippen LogP contribution < -0.4 is 16.5 Å². The predicted molar refractivity (Wildman–Crippen MR) is 255 cm³/mol. The average molecular weight is 949 g/mol. The van der Waals surface area contributed by atoms with Crippen molar-refractivity contribution in [1.29, 1.82) is 0 Å². The van der Waals surface area contributed by atoms with Crippen molar-refractivity contribution in [2.45, 2.75) is 125 Å². The highest BCUT2D eigenvalue weighted by Crippen LogP contribution is 2.29. The third-order valence-electron chi connectivity index (χ3n) is 10.5. The number of methoxy groups -OCH3 is 2. The molecule has 380 valence electrons. The Hall–Kier alpha value is -3.27. The highest BCUT2D eigenvalue weighted by Gasteiger charge is 2.42. The molecule has 2 rings (SSSR count). The summed E-state index contributed by atoms with van der Waals surface area (Å²) >= 11 is 1.74. The highest BCUT2D eigenvalue weighted by molar-refractivity contribution is 7.07. The van der Waals surface area contributed by atoms with Crippen molar-refractivity contribution >= 4 is 41.4 Å². The molecule has 6 atom stereocenters. The molecule has 18 nitrogen and oxygen atoms in total. The molecule has 65 heavy (non-hydrogen) atoms. The van der Waals surface area contributed by atoms with Gasteiger partial charge in [0.1, 0.15) is 6.54 Å². The number of aryl methyl sites for hydroxylation is 1. The van der Waals surface area contributed by atoms with Crippen molar-refractivity contribution in [2.75, 3.05) is 101 Å². The minimum atomic E-state index is -1.14. The number of thiophene rings is 1. The fraction of sp³-hybridized carbons (Fsp3) is 0.804. The Morgan fingerprint density at radius 1 is 0.954 bits per heavy atom. The van der Waals surface area contributed by atoms with Crippen LogP contribution in [-0.4, -0.2) is 180 Å². The van der Waals surface area contributed by atoms with Crippen molar-refractivity contribution in [2.24, 2.45) is 23.7 Å². The van der Waals surface area contributed by atoms with Gasteiger partial charge in [0, 0.05) is 39.9 Å². The Labute approximate surface area is 394 Å². The number of nitrogens with zero attached hydrogens (tertiary/aromatic N) is 3. The molecule has 0 aliphatic carbocycles. The van der Waals surface area contributed by atoms with E-state index in [1.54, 1.807) is 30.2 Å². The van der Waals surface area contributed by atoms with Crippen molar-refractivity contribution in [1.82, 2.24) is 25.3 Å². The zero-order valence-corrected chi connectivity index (χ0v) is 43.0. The molecule has 5 N–H and O–H groups in total. The molecule has 0 saturated carbocycles. The molecule has 0 aromatic carbocycles. The Kier molecular flexibility index (Phi) is 37.1. The summed E-state index contributed by atoms with van der Waals surface area (Å²) in [5, 5.41) is 17.8. The highest BCUT2D eigenvalue weighted by atomic mass is 32.1. The number of carboxylic acid groups (broad SMARTS) is 1. The molecule has 0 spiro atoms. The van der Waals surface area contributed by atoms with Gasteiger partial charge in [0.2, 0.25) is 24.1 Å². The van der Waals surface area contributed by atoms with Gasteiger partial charge in [-0.25, -0.2) is 5.90 Å². The number of nitrogens with two attached hydrogens (primary N) is 1. The molecule has 1 aromatic heterocycles. The molecule has 1 saturated heterocycles. The maximum Gasteiger partial charge on any atom is 0.322 e. The first kappa shape index (κ1) is 63.8. The predicted octanol–water partition coefficient (Wildman–Crippen LogP) is 4.23. The van der Waals surface area contributed by atoms with E-state index in [-0.39, 0.29) is 42.3 Å². The summed E-state index contributed by atoms with van der Waals surface area (Å²) in [6.45, 7) is 25.5. The number of ether oxygens (including phenoxy) is 5. The summed E-state index contributed by atoms with van der Waals surface area (Å²) in [5.74, 6) is 2.96. The minimum Gasteiger partial charge on any atom is -0.480 e. The molecule has 6 unspecified atom stereocenters. The van der Waals surface area contributed by atoms with Crippen molar-refractivity contribution in [3.05, 3.63) is 22.4 Å². The molecule has 1 fully saturated rings. The van der Waals surface area contributed by atoms with Gasteiger partial charge in [0.15, 0.2) is 0 Å². The smallest absolute Gasteiger partial charge is 0.322 e. The second kappa shape index (κ2) is 37.8. The number of rotatable bonds is 28. The summed E-state index contributed by atoms with van der Waals surface area (Å²) in [6.07, 6.45) is 1.41. The van der Waals surface area contributed by atoms with Crippen LogP contribution in [0.2, 0.25) is 0 Å². The Bertz CT molecular complexity index is 1380. The van der Waals surface area contributed by atoms with Crippen LogP contribution in [-0.2, 0) is 52.5 Å². The molecule has 0 bridgehead atoms. The largest absolute Gasteiger partial charge is 0.480 e. The lowest BCUT2D eigenvalue weighted by Gasteiger charge is -2.39. The van der Waals surface area contributed by atoms with Crippen LogP contribution in [0.1, 0.15) is 93.6 Å². The monoisotopic (exact) mass is 949 g/mol. The van der Waals surface area contributed by atoms with E-state index in [1.807, 2.05) is 13.8 Å². The first-order valence-electron chi connectivity index (χ1n) is 22.7. The van der Waals surface area contributed by atoms with Gasteiger partial charge >= 0.3 is 5.97 Å². The molecular weight excluding hydrogens is 861 g/mol. The maximum atomic E-state index is 13.5. The van der Waals surface area contributed by atoms with E-state index in [4.69, 9.17) is 34.7 Å². The van der Waals surface area contributed by atoms with Gasteiger partial charge < -0.3 is 54.1 Å². The third kappa shape index (κ3) is 29.9. The van der Waals surface area contributed by atoms with Crippen LogP contribution in [0.25, 0.3) is 0 Å². The van der Waals surface area contributed by atoms with E-state index < -0.39 is 42.6 Å². The summed E-state index contributed by atoms with van der Waals surface area (Å²) in [7, 11) is 6.71. The van der Waals surface area contributed by atoms with Crippen molar-refractivity contribution < 1.29 is 57.6 Å². The maximum absolute atomic E-state index is 13.5. The zero-order valence-electron chi connectivity index (χ0n) is 42.2. The van der Waals surface area contributed by atoms with Crippen LogP contribution in [0.4, 0.5) is 0 Å². The molecule has 4 amide bonds. The molecule has 1 aromatic rings. The van der Waals surface area contributed by atoms with Gasteiger partial charge in [-0.2, -0.15) is 11.3 Å². The number of likely N-dealkylation sites (N-methyl/N-ethyl adjacent to an activating group) is 2. The second-order valence-electron chi connectivity index (χ2n) is 17.6. The first-order chi connectivity index (χ1) is 30.6. The standard InChI is InChI=1S/C24H42N4O8.C13H30N2O4.C5H6S.C4H10/c1-7-15(2)22(27(4)20(31)12-25-14-29)18(35-5)11-19(30)28-10-8-9-17(28)23(36-6)16(3)24(34)26-13-21(32)33;1-13(2,3)15(4)5-6-16-7-8-17-9-10-18-11-12-19-14;1-5-2-3-6-4-5;1-4(2)3/h14-18,22-23H,7-13H2,1-6H3,(H,25,29)(H,26,34)(H,32,33);5-12,14H2,1-4H3;2-4H,1H3;4H,1-3H3. The fourth-order valence-corrected chi connectivity index (χ4v) is 7.09. The van der Waals surface area contributed by atoms with E-state index in [2.05, 4.69) is 92.7 Å². The zero-order chi connectivity index (χ0) is 50.0. The molecule has 2 heterocycles. The van der Waals surface area contributed by atoms with E-state index in [0.717, 1.165) is 31.9 Å². The summed E-state index contributed by atoms with van der Waals surface area (Å²) < 4.78 is 27.4. The van der Waals surface area contributed by atoms with E-state index in [9.17, 15) is 24.0 Å². The van der Waals surface area contributed by atoms with Crippen LogP contribution >= 0.6 is 11.3 Å². The second-order valence-corrected chi connectivity index (χ2v) is 18.4. The van der Waals surface area contributed by atoms with Gasteiger partial charge in [-0.05, 0) is 81.8 Å². The van der Waals surface area contributed by atoms with Crippen LogP contribution in [0.3, 0.4) is 0 Å². The van der Waals surface area contributed by atoms with Crippen LogP contribution in [0, 0.1) is 24.7 Å². The van der Waals surface area contributed by atoms with Gasteiger partial charge in [-0.1, -0.05) is 48.0 Å². The number of likely N-dealkylation sites (tertiary alicyclic amines) is 1. The number of carboxylic acids is 1. The van der Waals surface area contributed by atoms with Gasteiger partial charge in [0.25, 0.3) is 0 Å². The van der Waals surface area contributed by atoms with Crippen LogP contribution in [0.15, 0.2) is 16.8 Å². The van der Waals surface area contributed by atoms with E-state index >= 15 is 0 Å². The number of aliphatic carboxylic acids is 1. The molecule has 0 radical (unpaired) electrons. The number of hydrogen-bond donors (Lipinski definition) is 4. The fourth-order valence-electron chi connectivity index (χ4n) is 6.42. The molecule has 1 aliphatic heterocycles. The minimum absolute atomic E-state index is 0.0204. The Balaban J connectivity index is 0. The van der Waals surface area contributed by atoms with Gasteiger partial charge in [0.05, 0.1) is 89.4 Å². The Morgan fingerprint density at radius 3 is 1.95 bits per heavy atom. The van der Waals surface area contributed by atoms with E-state index in [1.165, 1.54) is 24.7 Å². The van der Waals surface area contributed by atoms with Gasteiger partial charge in [-0.3, -0.25) is 28.9 Å². The lowest BCUT2D eigenvalue weighted by Crippen LogP contribution is -2.54. The van der Waals surface area contributed by atoms with Crippen molar-refractivity contribution in [3.63, 3.8) is 0 Å². The topological polar surface area (TPSA) is 221 Å². The Morgan fingerprint density at radius 2 is 1.52 bits per heavy atom. The van der Waals surface area contributed by atoms with E-state index in [0.29, 0.717) is 59.0 Å². The SMILES string of the molecule is CC(C)C.CCC(C)C(C(CC(=O)N1CCCC1C(OC)C(C)C(=O)NCC(=O)O)OC)N(C)C(=O)CNC=O.CN(CCOCCOCCOCCON)C(C)(C)C.Cc1ccsc1. The lowest BCUT2D eigenvalue weighted by atomic mass is 9.90. The third-order valence-corrected chi connectivity index (χ3v) is 11.3. The average Bonchev–Trinajstić information content (AvgIpc) is 3.95. The lowest BCUT2D eigenvalue weighted by molar-refractivity contribution is -0.146. The van der Waals surface area contributed by atoms with Gasteiger partial charge in [-0.15, -0.1) is 0 Å². The number of nitrogens with one attached hydrogen (secondary N) is 2. The normalized spacial score (nSPS) is 15.8. The molecular formula is C46H88N6O12S. The first-order valence-corrected chi connectivity index (χ1v) is 23.6. The molecule has 1 aliphatic rings. The number of carbonyl (C=O) groups excluding carboxylic acids is 4. The quantitative estimate of drug-likeness (QED) is 0.0525. The van der Waals surface area contributed by atoms with Crippen molar-refractivity contribution in [3.8, 4) is 0 Å².